The van der Waals surface area contributed by atoms with Crippen LogP contribution in [0, 0.1) is 16.7 Å². The molecule has 0 atom stereocenters. The van der Waals surface area contributed by atoms with E-state index in [0.29, 0.717) is 17.0 Å². The van der Waals surface area contributed by atoms with Crippen molar-refractivity contribution < 1.29 is 9.53 Å². The highest BCUT2D eigenvalue weighted by Gasteiger charge is 2.25. The molecule has 8 nitrogen and oxygen atoms in total. The number of carbonyl (C=O) groups excluding carboxylic acids is 1. The summed E-state index contributed by atoms with van der Waals surface area (Å²) in [7, 11) is 1.48. The van der Waals surface area contributed by atoms with E-state index in [2.05, 4.69) is 15.3 Å². The molecular weight excluding hydrogens is 320 g/mol. The minimum atomic E-state index is -0.609. The summed E-state index contributed by atoms with van der Waals surface area (Å²) in [6.07, 6.45) is 0. The number of nitriles is 1. The standard InChI is InChI=1S/C17H20N6O2/c1-17(2,3)15(24)21-10-6-5-7-11(25-4)12(10)13-9(8-18)14(19)23-16(20)22-13/h5-7H,1-4H3,(H,21,24)(H4,19,20,22,23). The van der Waals surface area contributed by atoms with E-state index in [4.69, 9.17) is 16.2 Å². The number of rotatable bonds is 3. The first kappa shape index (κ1) is 18.0. The van der Waals surface area contributed by atoms with E-state index in [1.165, 1.54) is 7.11 Å². The van der Waals surface area contributed by atoms with Gasteiger partial charge < -0.3 is 21.5 Å². The molecule has 5 N–H and O–H groups in total. The Bertz CT molecular complexity index is 865. The average molecular weight is 340 g/mol. The highest BCUT2D eigenvalue weighted by molar-refractivity contribution is 6.00. The third kappa shape index (κ3) is 3.61. The molecule has 8 heteroatoms. The van der Waals surface area contributed by atoms with Gasteiger partial charge in [0.05, 0.1) is 18.4 Å². The molecule has 25 heavy (non-hydrogen) atoms. The number of hydrogen-bond acceptors (Lipinski definition) is 7. The van der Waals surface area contributed by atoms with Gasteiger partial charge in [0.15, 0.2) is 0 Å². The fourth-order valence-corrected chi connectivity index (χ4v) is 2.15. The van der Waals surface area contributed by atoms with Crippen molar-refractivity contribution in [3.63, 3.8) is 0 Å². The predicted octanol–water partition coefficient (Wildman–Crippen LogP) is 2.17. The van der Waals surface area contributed by atoms with Gasteiger partial charge in [-0.25, -0.2) is 4.98 Å². The van der Waals surface area contributed by atoms with Crippen molar-refractivity contribution in [1.82, 2.24) is 9.97 Å². The van der Waals surface area contributed by atoms with E-state index >= 15 is 0 Å². The molecule has 0 spiro atoms. The topological polar surface area (TPSA) is 140 Å². The number of ether oxygens (including phenoxy) is 1. The van der Waals surface area contributed by atoms with Gasteiger partial charge in [0.1, 0.15) is 28.9 Å². The molecule has 0 aliphatic heterocycles. The van der Waals surface area contributed by atoms with Crippen LogP contribution in [0.25, 0.3) is 11.3 Å². The van der Waals surface area contributed by atoms with Crippen LogP contribution in [-0.2, 0) is 4.79 Å². The Morgan fingerprint density at radius 1 is 1.28 bits per heavy atom. The van der Waals surface area contributed by atoms with Crippen molar-refractivity contribution in [2.75, 3.05) is 23.9 Å². The average Bonchev–Trinajstić information content (AvgIpc) is 2.53. The van der Waals surface area contributed by atoms with Crippen LogP contribution in [-0.4, -0.2) is 23.0 Å². The van der Waals surface area contributed by atoms with Gasteiger partial charge in [0.25, 0.3) is 0 Å². The van der Waals surface area contributed by atoms with E-state index < -0.39 is 5.41 Å². The number of nitrogens with one attached hydrogen (secondary N) is 1. The number of anilines is 3. The largest absolute Gasteiger partial charge is 0.496 e. The van der Waals surface area contributed by atoms with Gasteiger partial charge in [0.2, 0.25) is 11.9 Å². The number of aromatic nitrogens is 2. The summed E-state index contributed by atoms with van der Waals surface area (Å²) in [6.45, 7) is 5.39. The van der Waals surface area contributed by atoms with Gasteiger partial charge >= 0.3 is 0 Å². The maximum Gasteiger partial charge on any atom is 0.229 e. The minimum Gasteiger partial charge on any atom is -0.496 e. The van der Waals surface area contributed by atoms with Crippen molar-refractivity contribution in [3.8, 4) is 23.1 Å². The fourth-order valence-electron chi connectivity index (χ4n) is 2.15. The number of hydrogen-bond donors (Lipinski definition) is 3. The third-order valence-electron chi connectivity index (χ3n) is 3.48. The van der Waals surface area contributed by atoms with Crippen LogP contribution in [0.3, 0.4) is 0 Å². The first-order chi connectivity index (χ1) is 11.7. The maximum atomic E-state index is 12.4. The quantitative estimate of drug-likeness (QED) is 0.777. The molecule has 1 aromatic carbocycles. The number of carbonyl (C=O) groups is 1. The number of nitrogens with zero attached hydrogens (tertiary/aromatic N) is 3. The monoisotopic (exact) mass is 340 g/mol. The van der Waals surface area contributed by atoms with E-state index in [1.807, 2.05) is 6.07 Å². The van der Waals surface area contributed by atoms with Crippen LogP contribution in [0.2, 0.25) is 0 Å². The Labute approximate surface area is 145 Å². The SMILES string of the molecule is COc1cccc(NC(=O)C(C)(C)C)c1-c1nc(N)nc(N)c1C#N. The first-order valence-electron chi connectivity index (χ1n) is 7.51. The lowest BCUT2D eigenvalue weighted by Gasteiger charge is -2.21. The van der Waals surface area contributed by atoms with Crippen molar-refractivity contribution in [3.05, 3.63) is 23.8 Å². The lowest BCUT2D eigenvalue weighted by atomic mass is 9.95. The van der Waals surface area contributed by atoms with E-state index in [0.717, 1.165) is 0 Å². The zero-order chi connectivity index (χ0) is 18.8. The summed E-state index contributed by atoms with van der Waals surface area (Å²) in [5, 5.41) is 12.3. The molecule has 0 aliphatic rings. The van der Waals surface area contributed by atoms with Crippen LogP contribution >= 0.6 is 0 Å². The maximum absolute atomic E-state index is 12.4. The van der Waals surface area contributed by atoms with Gasteiger partial charge in [-0.05, 0) is 12.1 Å². The van der Waals surface area contributed by atoms with Gasteiger partial charge in [-0.1, -0.05) is 26.8 Å². The predicted molar refractivity (Wildman–Crippen MR) is 95.6 cm³/mol. The second-order valence-electron chi connectivity index (χ2n) is 6.39. The van der Waals surface area contributed by atoms with Crippen molar-refractivity contribution in [1.29, 1.82) is 5.26 Å². The summed E-state index contributed by atoms with van der Waals surface area (Å²) in [5.41, 5.74) is 12.0. The van der Waals surface area contributed by atoms with Crippen LogP contribution in [0.1, 0.15) is 26.3 Å². The summed E-state index contributed by atoms with van der Waals surface area (Å²) in [4.78, 5) is 20.4. The number of benzene rings is 1. The van der Waals surface area contributed by atoms with Crippen LogP contribution < -0.4 is 21.5 Å². The molecule has 1 aromatic heterocycles. The van der Waals surface area contributed by atoms with Crippen molar-refractivity contribution in [2.45, 2.75) is 20.8 Å². The molecule has 1 amide bonds. The zero-order valence-corrected chi connectivity index (χ0v) is 14.5. The van der Waals surface area contributed by atoms with Gasteiger partial charge in [0, 0.05) is 5.41 Å². The zero-order valence-electron chi connectivity index (χ0n) is 14.5. The highest BCUT2D eigenvalue weighted by Crippen LogP contribution is 2.39. The van der Waals surface area contributed by atoms with Crippen LogP contribution in [0.15, 0.2) is 18.2 Å². The van der Waals surface area contributed by atoms with Crippen molar-refractivity contribution in [2.24, 2.45) is 5.41 Å². The van der Waals surface area contributed by atoms with E-state index in [9.17, 15) is 10.1 Å². The molecule has 0 bridgehead atoms. The summed E-state index contributed by atoms with van der Waals surface area (Å²) < 4.78 is 5.38. The smallest absolute Gasteiger partial charge is 0.229 e. The third-order valence-corrected chi connectivity index (χ3v) is 3.48. The Morgan fingerprint density at radius 2 is 1.96 bits per heavy atom. The van der Waals surface area contributed by atoms with E-state index in [1.54, 1.807) is 39.0 Å². The summed E-state index contributed by atoms with van der Waals surface area (Å²) in [5.74, 6) is 0.103. The van der Waals surface area contributed by atoms with Crippen molar-refractivity contribution >= 4 is 23.4 Å². The summed E-state index contributed by atoms with van der Waals surface area (Å²) in [6, 6.07) is 7.08. The highest BCUT2D eigenvalue weighted by atomic mass is 16.5. The first-order valence-corrected chi connectivity index (χ1v) is 7.51. The Balaban J connectivity index is 2.74. The lowest BCUT2D eigenvalue weighted by molar-refractivity contribution is -0.123. The molecular formula is C17H20N6O2. The van der Waals surface area contributed by atoms with Gasteiger partial charge in [-0.3, -0.25) is 4.79 Å². The molecule has 0 unspecified atom stereocenters. The molecule has 0 radical (unpaired) electrons. The Hall–Kier alpha value is -3.34. The fraction of sp³-hybridized carbons (Fsp3) is 0.294. The molecule has 130 valence electrons. The van der Waals surface area contributed by atoms with Crippen LogP contribution in [0.5, 0.6) is 5.75 Å². The second kappa shape index (κ2) is 6.65. The number of nitrogen functional groups attached to an aromatic ring is 2. The minimum absolute atomic E-state index is 0.0380. The molecule has 0 saturated heterocycles. The number of nitrogens with two attached hydrogens (primary N) is 2. The normalized spacial score (nSPS) is 10.8. The Morgan fingerprint density at radius 3 is 2.52 bits per heavy atom. The summed E-state index contributed by atoms with van der Waals surface area (Å²) >= 11 is 0. The molecule has 2 rings (SSSR count). The molecule has 1 heterocycles. The molecule has 0 saturated carbocycles. The lowest BCUT2D eigenvalue weighted by Crippen LogP contribution is -2.28. The molecule has 0 fully saturated rings. The molecule has 0 aliphatic carbocycles. The van der Waals surface area contributed by atoms with Gasteiger partial charge in [-0.2, -0.15) is 10.2 Å². The Kier molecular flexibility index (Phi) is 4.79. The number of methoxy groups -OCH3 is 1. The van der Waals surface area contributed by atoms with E-state index in [-0.39, 0.29) is 28.9 Å². The second-order valence-corrected chi connectivity index (χ2v) is 6.39. The molecule has 2 aromatic rings. The van der Waals surface area contributed by atoms with Crippen LogP contribution in [0.4, 0.5) is 17.5 Å². The van der Waals surface area contributed by atoms with Gasteiger partial charge in [-0.15, -0.1) is 0 Å². The number of amides is 1.